The maximum Gasteiger partial charge on any atom is 0.310 e. The van der Waals surface area contributed by atoms with Crippen LogP contribution in [0.4, 0.5) is 0 Å². The molecular weight excluding hydrogens is 238 g/mol. The minimum Gasteiger partial charge on any atom is -0.481 e. The molecule has 1 saturated heterocycles. The number of carboxylic acid groups (broad SMARTS) is 1. The Labute approximate surface area is 118 Å². The van der Waals surface area contributed by atoms with Gasteiger partial charge in [0.15, 0.2) is 0 Å². The summed E-state index contributed by atoms with van der Waals surface area (Å²) in [4.78, 5) is 11.5. The second-order valence-corrected chi connectivity index (χ2v) is 6.09. The lowest BCUT2D eigenvalue weighted by Gasteiger charge is -2.33. The summed E-state index contributed by atoms with van der Waals surface area (Å²) >= 11 is 0. The first-order valence-corrected chi connectivity index (χ1v) is 8.15. The van der Waals surface area contributed by atoms with E-state index in [0.717, 1.165) is 32.2 Å². The minimum atomic E-state index is -0.595. The summed E-state index contributed by atoms with van der Waals surface area (Å²) in [7, 11) is 0. The quantitative estimate of drug-likeness (QED) is 0.590. The molecule has 0 saturated carbocycles. The third-order valence-electron chi connectivity index (χ3n) is 4.43. The van der Waals surface area contributed by atoms with E-state index in [9.17, 15) is 9.90 Å². The molecule has 1 aliphatic heterocycles. The van der Waals surface area contributed by atoms with Crippen LogP contribution >= 0.6 is 0 Å². The fraction of sp³-hybridized carbons (Fsp3) is 0.938. The van der Waals surface area contributed by atoms with Crippen molar-refractivity contribution in [3.05, 3.63) is 0 Å². The molecule has 0 aromatic rings. The summed E-state index contributed by atoms with van der Waals surface area (Å²) in [6.45, 7) is 3.88. The average molecular weight is 269 g/mol. The van der Waals surface area contributed by atoms with Crippen LogP contribution in [0.15, 0.2) is 0 Å². The Morgan fingerprint density at radius 2 is 1.74 bits per heavy atom. The van der Waals surface area contributed by atoms with E-state index in [1.165, 1.54) is 44.9 Å². The highest BCUT2D eigenvalue weighted by Gasteiger charge is 2.38. The van der Waals surface area contributed by atoms with Crippen LogP contribution in [-0.2, 0) is 4.79 Å². The van der Waals surface area contributed by atoms with Gasteiger partial charge < -0.3 is 10.4 Å². The molecule has 0 aromatic heterocycles. The maximum absolute atomic E-state index is 11.5. The normalized spacial score (nSPS) is 23.4. The van der Waals surface area contributed by atoms with E-state index in [1.54, 1.807) is 0 Å². The molecule has 3 nitrogen and oxygen atoms in total. The van der Waals surface area contributed by atoms with E-state index < -0.39 is 11.4 Å². The maximum atomic E-state index is 11.5. The first-order chi connectivity index (χ1) is 9.21. The molecule has 1 unspecified atom stereocenters. The average Bonchev–Trinajstić information content (AvgIpc) is 2.42. The molecule has 1 heterocycles. The number of nitrogens with one attached hydrogen (secondary N) is 1. The van der Waals surface area contributed by atoms with Gasteiger partial charge in [-0.3, -0.25) is 4.79 Å². The SMILES string of the molecule is CCCCCCCCCCC1(C(=O)O)CCCNC1. The molecule has 0 amide bonds. The van der Waals surface area contributed by atoms with Gasteiger partial charge in [-0.25, -0.2) is 0 Å². The summed E-state index contributed by atoms with van der Waals surface area (Å²) in [5.41, 5.74) is -0.472. The van der Waals surface area contributed by atoms with Gasteiger partial charge >= 0.3 is 5.97 Å². The molecule has 1 fully saturated rings. The Morgan fingerprint density at radius 3 is 2.26 bits per heavy atom. The van der Waals surface area contributed by atoms with E-state index in [0.29, 0.717) is 6.54 Å². The van der Waals surface area contributed by atoms with Crippen LogP contribution in [0.25, 0.3) is 0 Å². The van der Waals surface area contributed by atoms with Crippen molar-refractivity contribution in [2.75, 3.05) is 13.1 Å². The molecule has 0 aromatic carbocycles. The lowest BCUT2D eigenvalue weighted by atomic mass is 9.76. The number of hydrogen-bond acceptors (Lipinski definition) is 2. The highest BCUT2D eigenvalue weighted by molar-refractivity contribution is 5.75. The van der Waals surface area contributed by atoms with Crippen LogP contribution in [0.1, 0.15) is 77.6 Å². The van der Waals surface area contributed by atoms with Crippen molar-refractivity contribution < 1.29 is 9.90 Å². The Kier molecular flexibility index (Phi) is 8.11. The number of carboxylic acids is 1. The van der Waals surface area contributed by atoms with Crippen molar-refractivity contribution in [1.82, 2.24) is 5.32 Å². The number of aliphatic carboxylic acids is 1. The van der Waals surface area contributed by atoms with Gasteiger partial charge in [0.2, 0.25) is 0 Å². The predicted molar refractivity (Wildman–Crippen MR) is 79.4 cm³/mol. The number of hydrogen-bond donors (Lipinski definition) is 2. The molecule has 0 aliphatic carbocycles. The first-order valence-electron chi connectivity index (χ1n) is 8.15. The summed E-state index contributed by atoms with van der Waals surface area (Å²) in [5, 5.41) is 12.7. The molecule has 0 bridgehead atoms. The monoisotopic (exact) mass is 269 g/mol. The van der Waals surface area contributed by atoms with Crippen molar-refractivity contribution >= 4 is 5.97 Å². The van der Waals surface area contributed by atoms with Crippen LogP contribution in [0.5, 0.6) is 0 Å². The van der Waals surface area contributed by atoms with E-state index in [1.807, 2.05) is 0 Å². The first kappa shape index (κ1) is 16.5. The molecule has 1 rings (SSSR count). The predicted octanol–water partition coefficient (Wildman–Crippen LogP) is 3.97. The van der Waals surface area contributed by atoms with Crippen molar-refractivity contribution in [2.24, 2.45) is 5.41 Å². The summed E-state index contributed by atoms with van der Waals surface area (Å²) in [6, 6.07) is 0. The Hall–Kier alpha value is -0.570. The van der Waals surface area contributed by atoms with Gasteiger partial charge in [-0.05, 0) is 25.8 Å². The van der Waals surface area contributed by atoms with Crippen LogP contribution in [-0.4, -0.2) is 24.2 Å². The highest BCUT2D eigenvalue weighted by atomic mass is 16.4. The topological polar surface area (TPSA) is 49.3 Å². The van der Waals surface area contributed by atoms with Crippen molar-refractivity contribution in [3.8, 4) is 0 Å². The van der Waals surface area contributed by atoms with Crippen LogP contribution in [0.2, 0.25) is 0 Å². The minimum absolute atomic E-state index is 0.472. The fourth-order valence-corrected chi connectivity index (χ4v) is 3.07. The second kappa shape index (κ2) is 9.35. The lowest BCUT2D eigenvalue weighted by Crippen LogP contribution is -2.45. The fourth-order valence-electron chi connectivity index (χ4n) is 3.07. The standard InChI is InChI=1S/C16H31NO2/c1-2-3-4-5-6-7-8-9-11-16(15(18)19)12-10-13-17-14-16/h17H,2-14H2,1H3,(H,18,19). The summed E-state index contributed by atoms with van der Waals surface area (Å²) in [6.07, 6.45) is 12.9. The Morgan fingerprint density at radius 1 is 1.11 bits per heavy atom. The molecule has 1 aliphatic rings. The van der Waals surface area contributed by atoms with Crippen molar-refractivity contribution in [2.45, 2.75) is 77.6 Å². The van der Waals surface area contributed by atoms with Gasteiger partial charge in [0, 0.05) is 6.54 Å². The van der Waals surface area contributed by atoms with Gasteiger partial charge in [0.1, 0.15) is 0 Å². The third kappa shape index (κ3) is 5.94. The zero-order valence-electron chi connectivity index (χ0n) is 12.5. The van der Waals surface area contributed by atoms with E-state index in [2.05, 4.69) is 12.2 Å². The van der Waals surface area contributed by atoms with Crippen LogP contribution in [0.3, 0.4) is 0 Å². The number of rotatable bonds is 10. The summed E-state index contributed by atoms with van der Waals surface area (Å²) < 4.78 is 0. The Balaban J connectivity index is 2.10. The van der Waals surface area contributed by atoms with E-state index in [4.69, 9.17) is 0 Å². The van der Waals surface area contributed by atoms with E-state index in [-0.39, 0.29) is 0 Å². The summed E-state index contributed by atoms with van der Waals surface area (Å²) in [5.74, 6) is -0.595. The zero-order chi connectivity index (χ0) is 14.0. The number of piperidine rings is 1. The van der Waals surface area contributed by atoms with Gasteiger partial charge in [0.25, 0.3) is 0 Å². The molecular formula is C16H31NO2. The molecule has 0 spiro atoms. The van der Waals surface area contributed by atoms with Crippen LogP contribution < -0.4 is 5.32 Å². The smallest absolute Gasteiger partial charge is 0.310 e. The second-order valence-electron chi connectivity index (χ2n) is 6.09. The molecule has 112 valence electrons. The van der Waals surface area contributed by atoms with Crippen molar-refractivity contribution in [3.63, 3.8) is 0 Å². The molecule has 2 N–H and O–H groups in total. The number of carbonyl (C=O) groups is 1. The van der Waals surface area contributed by atoms with E-state index >= 15 is 0 Å². The molecule has 1 atom stereocenters. The lowest BCUT2D eigenvalue weighted by molar-refractivity contribution is -0.150. The van der Waals surface area contributed by atoms with Crippen LogP contribution in [0, 0.1) is 5.41 Å². The Bertz CT molecular complexity index is 247. The molecule has 19 heavy (non-hydrogen) atoms. The van der Waals surface area contributed by atoms with Crippen molar-refractivity contribution in [1.29, 1.82) is 0 Å². The molecule has 3 heteroatoms. The van der Waals surface area contributed by atoms with Gasteiger partial charge in [-0.2, -0.15) is 0 Å². The highest BCUT2D eigenvalue weighted by Crippen LogP contribution is 2.32. The molecule has 0 radical (unpaired) electrons. The third-order valence-corrected chi connectivity index (χ3v) is 4.43. The largest absolute Gasteiger partial charge is 0.481 e. The van der Waals surface area contributed by atoms with Gasteiger partial charge in [-0.15, -0.1) is 0 Å². The van der Waals surface area contributed by atoms with Gasteiger partial charge in [0.05, 0.1) is 5.41 Å². The number of unbranched alkanes of at least 4 members (excludes halogenated alkanes) is 7. The van der Waals surface area contributed by atoms with Gasteiger partial charge in [-0.1, -0.05) is 58.3 Å². The zero-order valence-corrected chi connectivity index (χ0v) is 12.5.